The highest BCUT2D eigenvalue weighted by Crippen LogP contribution is 2.37. The van der Waals surface area contributed by atoms with Crippen molar-refractivity contribution >= 4 is 10.9 Å². The second kappa shape index (κ2) is 8.83. The maximum absolute atomic E-state index is 5.60. The van der Waals surface area contributed by atoms with Crippen LogP contribution < -0.4 is 4.74 Å². The number of rotatable bonds is 6. The van der Waals surface area contributed by atoms with Gasteiger partial charge in [-0.25, -0.2) is 0 Å². The Kier molecular flexibility index (Phi) is 5.78. The number of ether oxygens (including phenoxy) is 2. The van der Waals surface area contributed by atoms with Crippen LogP contribution in [-0.4, -0.2) is 43.3 Å². The molecule has 30 heavy (non-hydrogen) atoms. The van der Waals surface area contributed by atoms with Gasteiger partial charge in [-0.05, 0) is 72.9 Å². The Morgan fingerprint density at radius 1 is 1.13 bits per heavy atom. The summed E-state index contributed by atoms with van der Waals surface area (Å²) in [6, 6.07) is 15.8. The number of fused-ring (bicyclic) bond motifs is 2. The molecule has 1 unspecified atom stereocenters. The van der Waals surface area contributed by atoms with Crippen molar-refractivity contribution in [1.29, 1.82) is 0 Å². The maximum atomic E-state index is 5.60. The van der Waals surface area contributed by atoms with Gasteiger partial charge in [-0.15, -0.1) is 0 Å². The van der Waals surface area contributed by atoms with Gasteiger partial charge in [0.15, 0.2) is 0 Å². The van der Waals surface area contributed by atoms with Crippen molar-refractivity contribution in [1.82, 2.24) is 9.88 Å². The van der Waals surface area contributed by atoms with Crippen molar-refractivity contribution in [2.45, 2.75) is 38.1 Å². The fourth-order valence-corrected chi connectivity index (χ4v) is 5.32. The molecule has 1 fully saturated rings. The minimum absolute atomic E-state index is 0.469. The second-order valence-corrected chi connectivity index (χ2v) is 8.78. The van der Waals surface area contributed by atoms with Crippen molar-refractivity contribution in [2.24, 2.45) is 5.92 Å². The third kappa shape index (κ3) is 3.99. The molecular formula is C26H32N2O2. The molecule has 4 heteroatoms. The fraction of sp³-hybridized carbons (Fsp3) is 0.462. The molecule has 0 aliphatic carbocycles. The molecule has 2 aromatic carbocycles. The van der Waals surface area contributed by atoms with Crippen LogP contribution in [0.2, 0.25) is 0 Å². The smallest absolute Gasteiger partial charge is 0.119 e. The summed E-state index contributed by atoms with van der Waals surface area (Å²) in [6.45, 7) is 4.17. The molecule has 0 spiro atoms. The minimum atomic E-state index is 0.469. The molecular weight excluding hydrogens is 372 g/mol. The first kappa shape index (κ1) is 19.7. The molecule has 158 valence electrons. The Bertz CT molecular complexity index is 990. The molecule has 5 rings (SSSR count). The topological polar surface area (TPSA) is 37.5 Å². The van der Waals surface area contributed by atoms with Gasteiger partial charge < -0.3 is 14.5 Å². The number of aromatic amines is 1. The lowest BCUT2D eigenvalue weighted by molar-refractivity contribution is 0.0423. The van der Waals surface area contributed by atoms with Gasteiger partial charge in [0.2, 0.25) is 0 Å². The van der Waals surface area contributed by atoms with Crippen molar-refractivity contribution in [3.8, 4) is 5.75 Å². The SMILES string of the molecule is COc1ccc2c(c1)CCN(CC1CCOCC1)C2CCc1c[nH]c2ccccc12. The van der Waals surface area contributed by atoms with E-state index in [-0.39, 0.29) is 0 Å². The van der Waals surface area contributed by atoms with Gasteiger partial charge in [0.1, 0.15) is 5.75 Å². The number of benzene rings is 2. The van der Waals surface area contributed by atoms with Crippen molar-refractivity contribution in [3.05, 3.63) is 65.4 Å². The zero-order chi connectivity index (χ0) is 20.3. The molecule has 2 aliphatic rings. The number of methoxy groups -OCH3 is 1. The predicted octanol–water partition coefficient (Wildman–Crippen LogP) is 5.14. The van der Waals surface area contributed by atoms with Crippen LogP contribution in [0.25, 0.3) is 10.9 Å². The molecule has 2 aliphatic heterocycles. The van der Waals surface area contributed by atoms with E-state index in [1.165, 1.54) is 47.0 Å². The van der Waals surface area contributed by atoms with Crippen molar-refractivity contribution in [2.75, 3.05) is 33.4 Å². The minimum Gasteiger partial charge on any atom is -0.497 e. The molecule has 0 amide bonds. The quantitative estimate of drug-likeness (QED) is 0.618. The standard InChI is InChI=1S/C26H32N2O2/c1-29-22-7-8-24-20(16-22)10-13-28(18-19-11-14-30-15-12-19)26(24)9-6-21-17-27-25-5-3-2-4-23(21)25/h2-5,7-8,16-17,19,26-27H,6,9-15,18H2,1H3. The molecule has 3 heterocycles. The number of aryl methyl sites for hydroxylation is 1. The molecule has 0 bridgehead atoms. The van der Waals surface area contributed by atoms with Crippen LogP contribution in [0.15, 0.2) is 48.7 Å². The van der Waals surface area contributed by atoms with Crippen molar-refractivity contribution < 1.29 is 9.47 Å². The molecule has 1 atom stereocenters. The number of hydrogen-bond acceptors (Lipinski definition) is 3. The third-order valence-corrected chi connectivity index (χ3v) is 7.01. The summed E-state index contributed by atoms with van der Waals surface area (Å²) in [7, 11) is 1.76. The van der Waals surface area contributed by atoms with Crippen molar-refractivity contribution in [3.63, 3.8) is 0 Å². The maximum Gasteiger partial charge on any atom is 0.119 e. The normalized spacial score (nSPS) is 20.4. The zero-order valence-corrected chi connectivity index (χ0v) is 17.9. The zero-order valence-electron chi connectivity index (χ0n) is 17.9. The van der Waals surface area contributed by atoms with Gasteiger partial charge in [-0.3, -0.25) is 4.90 Å². The Morgan fingerprint density at radius 2 is 2.00 bits per heavy atom. The first-order valence-electron chi connectivity index (χ1n) is 11.4. The number of nitrogens with one attached hydrogen (secondary N) is 1. The van der Waals surface area contributed by atoms with Gasteiger partial charge in [-0.2, -0.15) is 0 Å². The lowest BCUT2D eigenvalue weighted by Gasteiger charge is -2.40. The first-order valence-corrected chi connectivity index (χ1v) is 11.4. The van der Waals surface area contributed by atoms with E-state index < -0.39 is 0 Å². The molecule has 1 saturated heterocycles. The highest BCUT2D eigenvalue weighted by atomic mass is 16.5. The summed E-state index contributed by atoms with van der Waals surface area (Å²) in [5.74, 6) is 1.73. The number of H-pyrrole nitrogens is 1. The Hall–Kier alpha value is -2.30. The number of para-hydroxylation sites is 1. The molecule has 1 aromatic heterocycles. The monoisotopic (exact) mass is 404 g/mol. The van der Waals surface area contributed by atoms with E-state index in [2.05, 4.69) is 58.5 Å². The summed E-state index contributed by atoms with van der Waals surface area (Å²) >= 11 is 0. The van der Waals surface area contributed by atoms with Crippen LogP contribution in [0.4, 0.5) is 0 Å². The van der Waals surface area contributed by atoms with Crippen LogP contribution >= 0.6 is 0 Å². The van der Waals surface area contributed by atoms with Gasteiger partial charge in [0.25, 0.3) is 0 Å². The lowest BCUT2D eigenvalue weighted by Crippen LogP contribution is -2.40. The lowest BCUT2D eigenvalue weighted by atomic mass is 9.87. The van der Waals surface area contributed by atoms with E-state index in [0.29, 0.717) is 6.04 Å². The number of aromatic nitrogens is 1. The third-order valence-electron chi connectivity index (χ3n) is 7.01. The average Bonchev–Trinajstić information content (AvgIpc) is 3.22. The van der Waals surface area contributed by atoms with E-state index in [9.17, 15) is 0 Å². The molecule has 0 saturated carbocycles. The average molecular weight is 405 g/mol. The Morgan fingerprint density at radius 3 is 2.87 bits per heavy atom. The van der Waals surface area contributed by atoms with E-state index >= 15 is 0 Å². The Labute approximate surface area is 179 Å². The van der Waals surface area contributed by atoms with Gasteiger partial charge in [0.05, 0.1) is 7.11 Å². The van der Waals surface area contributed by atoms with E-state index in [0.717, 1.165) is 50.7 Å². The van der Waals surface area contributed by atoms with Crippen LogP contribution in [0.5, 0.6) is 5.75 Å². The van der Waals surface area contributed by atoms with Gasteiger partial charge in [0, 0.05) is 49.4 Å². The predicted molar refractivity (Wildman–Crippen MR) is 121 cm³/mol. The first-order chi connectivity index (χ1) is 14.8. The Balaban J connectivity index is 1.39. The highest BCUT2D eigenvalue weighted by molar-refractivity contribution is 5.83. The van der Waals surface area contributed by atoms with Crippen LogP contribution in [0, 0.1) is 5.92 Å². The fourth-order valence-electron chi connectivity index (χ4n) is 5.32. The van der Waals surface area contributed by atoms with E-state index in [1.807, 2.05) is 0 Å². The number of hydrogen-bond donors (Lipinski definition) is 1. The number of nitrogens with zero attached hydrogens (tertiary/aromatic N) is 1. The molecule has 4 nitrogen and oxygen atoms in total. The molecule has 0 radical (unpaired) electrons. The molecule has 3 aromatic rings. The van der Waals surface area contributed by atoms with E-state index in [1.54, 1.807) is 7.11 Å². The van der Waals surface area contributed by atoms with E-state index in [4.69, 9.17) is 9.47 Å². The summed E-state index contributed by atoms with van der Waals surface area (Å²) < 4.78 is 11.1. The second-order valence-electron chi connectivity index (χ2n) is 8.78. The van der Waals surface area contributed by atoms with Gasteiger partial charge >= 0.3 is 0 Å². The summed E-state index contributed by atoms with van der Waals surface area (Å²) in [5.41, 5.74) is 5.62. The summed E-state index contributed by atoms with van der Waals surface area (Å²) in [6.07, 6.45) is 7.93. The summed E-state index contributed by atoms with van der Waals surface area (Å²) in [5, 5.41) is 1.36. The molecule has 1 N–H and O–H groups in total. The van der Waals surface area contributed by atoms with Gasteiger partial charge in [-0.1, -0.05) is 24.3 Å². The largest absolute Gasteiger partial charge is 0.497 e. The van der Waals surface area contributed by atoms with Crippen LogP contribution in [-0.2, 0) is 17.6 Å². The van der Waals surface area contributed by atoms with Crippen LogP contribution in [0.1, 0.15) is 42.0 Å². The van der Waals surface area contributed by atoms with Crippen LogP contribution in [0.3, 0.4) is 0 Å². The highest BCUT2D eigenvalue weighted by Gasteiger charge is 2.30. The summed E-state index contributed by atoms with van der Waals surface area (Å²) in [4.78, 5) is 6.19.